The van der Waals surface area contributed by atoms with Gasteiger partial charge in [-0.2, -0.15) is 0 Å². The van der Waals surface area contributed by atoms with Gasteiger partial charge in [0, 0.05) is 11.6 Å². The van der Waals surface area contributed by atoms with E-state index in [2.05, 4.69) is 13.8 Å². The van der Waals surface area contributed by atoms with Crippen LogP contribution in [0.25, 0.3) is 5.76 Å². The number of hydrogen-bond acceptors (Lipinski definition) is 4. The van der Waals surface area contributed by atoms with Crippen LogP contribution < -0.4 is 4.74 Å². The highest BCUT2D eigenvalue weighted by Crippen LogP contribution is 2.44. The van der Waals surface area contributed by atoms with Crippen molar-refractivity contribution in [3.8, 4) is 5.75 Å². The summed E-state index contributed by atoms with van der Waals surface area (Å²) in [6.45, 7) is 8.60. The Labute approximate surface area is 196 Å². The van der Waals surface area contributed by atoms with Gasteiger partial charge < -0.3 is 14.7 Å². The van der Waals surface area contributed by atoms with Crippen LogP contribution in [0.1, 0.15) is 80.7 Å². The third kappa shape index (κ3) is 4.29. The summed E-state index contributed by atoms with van der Waals surface area (Å²) >= 11 is 0. The number of carbonyl (C=O) groups is 2. The number of aryl methyl sites for hydroxylation is 1. The molecule has 1 saturated heterocycles. The Morgan fingerprint density at radius 3 is 2.48 bits per heavy atom. The second-order valence-electron chi connectivity index (χ2n) is 9.40. The summed E-state index contributed by atoms with van der Waals surface area (Å²) in [7, 11) is 0. The van der Waals surface area contributed by atoms with E-state index in [0.29, 0.717) is 12.2 Å². The number of ether oxygens (including phenoxy) is 1. The number of Topliss-reactive ketones (excluding diaryl/α,β-unsaturated/α-hetero) is 1. The van der Waals surface area contributed by atoms with Crippen molar-refractivity contribution in [2.75, 3.05) is 6.61 Å². The van der Waals surface area contributed by atoms with Crippen molar-refractivity contribution in [2.24, 2.45) is 0 Å². The Morgan fingerprint density at radius 1 is 1.12 bits per heavy atom. The molecule has 1 unspecified atom stereocenters. The summed E-state index contributed by atoms with van der Waals surface area (Å²) in [4.78, 5) is 28.3. The van der Waals surface area contributed by atoms with E-state index in [4.69, 9.17) is 4.74 Å². The Hall–Kier alpha value is -3.08. The van der Waals surface area contributed by atoms with Crippen molar-refractivity contribution in [2.45, 2.75) is 71.4 Å². The molecule has 5 heteroatoms. The van der Waals surface area contributed by atoms with Crippen LogP contribution in [-0.4, -0.2) is 34.3 Å². The third-order valence-electron chi connectivity index (χ3n) is 6.76. The van der Waals surface area contributed by atoms with Gasteiger partial charge in [-0.1, -0.05) is 56.5 Å². The molecule has 0 spiro atoms. The molecule has 2 aliphatic rings. The van der Waals surface area contributed by atoms with Crippen LogP contribution in [0.3, 0.4) is 0 Å². The van der Waals surface area contributed by atoms with E-state index in [1.165, 1.54) is 0 Å². The first-order valence-electron chi connectivity index (χ1n) is 12.0. The molecular formula is C28H33NO4. The van der Waals surface area contributed by atoms with Crippen molar-refractivity contribution >= 4 is 17.4 Å². The molecule has 4 rings (SSSR count). The van der Waals surface area contributed by atoms with Crippen LogP contribution in [-0.2, 0) is 9.59 Å². The lowest BCUT2D eigenvalue weighted by atomic mass is 9.92. The minimum Gasteiger partial charge on any atom is -0.507 e. The van der Waals surface area contributed by atoms with Gasteiger partial charge in [-0.3, -0.25) is 9.59 Å². The standard InChI is InChI=1S/C28H33NO4/c1-5-33-23-14-13-20(16-22(23)17(2)3)26(30)24-25(19-10-8-9-18(4)15-19)29(28(32)27(24)31)21-11-6-7-12-21/h8-10,13-17,21,25,30H,5-7,11-12H2,1-4H3/b26-24-. The minimum absolute atomic E-state index is 0.0174. The van der Waals surface area contributed by atoms with Gasteiger partial charge in [-0.25, -0.2) is 0 Å². The van der Waals surface area contributed by atoms with Crippen molar-refractivity contribution in [3.05, 3.63) is 70.3 Å². The summed E-state index contributed by atoms with van der Waals surface area (Å²) in [6.07, 6.45) is 3.86. The van der Waals surface area contributed by atoms with Gasteiger partial charge in [-0.05, 0) is 61.9 Å². The molecule has 1 aliphatic carbocycles. The van der Waals surface area contributed by atoms with E-state index in [-0.39, 0.29) is 23.3 Å². The molecule has 1 aliphatic heterocycles. The molecule has 0 radical (unpaired) electrons. The molecule has 2 aromatic carbocycles. The highest BCUT2D eigenvalue weighted by molar-refractivity contribution is 6.46. The number of carbonyl (C=O) groups excluding carboxylic acids is 2. The van der Waals surface area contributed by atoms with Gasteiger partial charge in [0.05, 0.1) is 18.2 Å². The molecule has 174 valence electrons. The number of ketones is 1. The van der Waals surface area contributed by atoms with Crippen molar-refractivity contribution < 1.29 is 19.4 Å². The molecule has 1 saturated carbocycles. The summed E-state index contributed by atoms with van der Waals surface area (Å²) in [5, 5.41) is 11.4. The lowest BCUT2D eigenvalue weighted by Crippen LogP contribution is -2.37. The van der Waals surface area contributed by atoms with E-state index < -0.39 is 17.7 Å². The number of hydrogen-bond donors (Lipinski definition) is 1. The first-order valence-corrected chi connectivity index (χ1v) is 12.0. The quantitative estimate of drug-likeness (QED) is 0.341. The maximum atomic E-state index is 13.3. The zero-order valence-corrected chi connectivity index (χ0v) is 19.9. The highest BCUT2D eigenvalue weighted by atomic mass is 16.5. The predicted octanol–water partition coefficient (Wildman–Crippen LogP) is 5.88. The summed E-state index contributed by atoms with van der Waals surface area (Å²) in [5.41, 5.74) is 3.57. The highest BCUT2D eigenvalue weighted by Gasteiger charge is 2.49. The molecule has 1 atom stereocenters. The van der Waals surface area contributed by atoms with E-state index in [1.807, 2.05) is 50.2 Å². The Morgan fingerprint density at radius 2 is 1.85 bits per heavy atom. The smallest absolute Gasteiger partial charge is 0.295 e. The average molecular weight is 448 g/mol. The summed E-state index contributed by atoms with van der Waals surface area (Å²) in [6, 6.07) is 12.8. The van der Waals surface area contributed by atoms with Crippen LogP contribution in [0.5, 0.6) is 5.75 Å². The largest absolute Gasteiger partial charge is 0.507 e. The number of aliphatic hydroxyl groups is 1. The number of likely N-dealkylation sites (tertiary alicyclic amines) is 1. The first-order chi connectivity index (χ1) is 15.8. The van der Waals surface area contributed by atoms with Gasteiger partial charge in [0.25, 0.3) is 11.7 Å². The minimum atomic E-state index is -0.606. The monoisotopic (exact) mass is 447 g/mol. The molecule has 0 bridgehead atoms. The van der Waals surface area contributed by atoms with Crippen LogP contribution in [0.2, 0.25) is 0 Å². The van der Waals surface area contributed by atoms with Crippen LogP contribution in [0, 0.1) is 6.92 Å². The number of rotatable bonds is 6. The Balaban J connectivity index is 1.88. The number of benzene rings is 2. The van der Waals surface area contributed by atoms with E-state index in [1.54, 1.807) is 11.0 Å². The number of aliphatic hydroxyl groups excluding tert-OH is 1. The Bertz CT molecular complexity index is 1090. The molecule has 1 heterocycles. The van der Waals surface area contributed by atoms with Gasteiger partial charge in [0.2, 0.25) is 0 Å². The van der Waals surface area contributed by atoms with E-state index >= 15 is 0 Å². The lowest BCUT2D eigenvalue weighted by Gasteiger charge is -2.31. The molecule has 0 aromatic heterocycles. The molecule has 2 aromatic rings. The van der Waals surface area contributed by atoms with E-state index in [9.17, 15) is 14.7 Å². The average Bonchev–Trinajstić information content (AvgIpc) is 3.40. The summed E-state index contributed by atoms with van der Waals surface area (Å²) in [5.74, 6) is -0.292. The van der Waals surface area contributed by atoms with Crippen LogP contribution >= 0.6 is 0 Å². The number of nitrogens with zero attached hydrogens (tertiary/aromatic N) is 1. The van der Waals surface area contributed by atoms with Gasteiger partial charge in [0.1, 0.15) is 11.5 Å². The van der Waals surface area contributed by atoms with Gasteiger partial charge in [-0.15, -0.1) is 0 Å². The fraction of sp³-hybridized carbons (Fsp3) is 0.429. The van der Waals surface area contributed by atoms with E-state index in [0.717, 1.165) is 48.1 Å². The van der Waals surface area contributed by atoms with Crippen molar-refractivity contribution in [1.29, 1.82) is 0 Å². The first kappa shape index (κ1) is 23.1. The predicted molar refractivity (Wildman–Crippen MR) is 129 cm³/mol. The fourth-order valence-corrected chi connectivity index (χ4v) is 5.17. The molecule has 33 heavy (non-hydrogen) atoms. The SMILES string of the molecule is CCOc1ccc(/C(O)=C2/C(=O)C(=O)N(C3CCCC3)C2c2cccc(C)c2)cc1C(C)C. The second-order valence-corrected chi connectivity index (χ2v) is 9.40. The topological polar surface area (TPSA) is 66.8 Å². The normalized spacial score (nSPS) is 20.8. The maximum absolute atomic E-state index is 13.3. The van der Waals surface area contributed by atoms with Crippen molar-refractivity contribution in [3.63, 3.8) is 0 Å². The zero-order valence-electron chi connectivity index (χ0n) is 19.9. The molecule has 1 N–H and O–H groups in total. The van der Waals surface area contributed by atoms with Gasteiger partial charge in [0.15, 0.2) is 0 Å². The zero-order chi connectivity index (χ0) is 23.7. The lowest BCUT2D eigenvalue weighted by molar-refractivity contribution is -0.141. The number of amides is 1. The van der Waals surface area contributed by atoms with Gasteiger partial charge >= 0.3 is 0 Å². The maximum Gasteiger partial charge on any atom is 0.295 e. The fourth-order valence-electron chi connectivity index (χ4n) is 5.17. The molecule has 1 amide bonds. The molecule has 2 fully saturated rings. The summed E-state index contributed by atoms with van der Waals surface area (Å²) < 4.78 is 5.76. The van der Waals surface area contributed by atoms with Crippen LogP contribution in [0.4, 0.5) is 0 Å². The van der Waals surface area contributed by atoms with Crippen LogP contribution in [0.15, 0.2) is 48.0 Å². The Kier molecular flexibility index (Phi) is 6.59. The molecule has 5 nitrogen and oxygen atoms in total. The van der Waals surface area contributed by atoms with Crippen molar-refractivity contribution in [1.82, 2.24) is 4.90 Å². The third-order valence-corrected chi connectivity index (χ3v) is 6.76. The second kappa shape index (κ2) is 9.42. The molecular weight excluding hydrogens is 414 g/mol.